The Balaban J connectivity index is 2.89. The van der Waals surface area contributed by atoms with Gasteiger partial charge < -0.3 is 15.8 Å². The molecule has 1 rings (SSSR count). The molecule has 0 amide bonds. The first kappa shape index (κ1) is 13.1. The average molecular weight is 241 g/mol. The van der Waals surface area contributed by atoms with E-state index in [1.165, 1.54) is 0 Å². The van der Waals surface area contributed by atoms with Gasteiger partial charge in [-0.25, -0.2) is 4.98 Å². The molecule has 1 heterocycles. The zero-order chi connectivity index (χ0) is 13.1. The second kappa shape index (κ2) is 4.91. The van der Waals surface area contributed by atoms with Crippen LogP contribution in [0.3, 0.4) is 0 Å². The highest BCUT2D eigenvalue weighted by Crippen LogP contribution is 2.22. The molecule has 0 saturated carbocycles. The maximum Gasteiger partial charge on any atom is 0.329 e. The van der Waals surface area contributed by atoms with Gasteiger partial charge in [0.1, 0.15) is 6.20 Å². The summed E-state index contributed by atoms with van der Waals surface area (Å²) in [5, 5.41) is 13.6. The second-order valence-electron chi connectivity index (χ2n) is 4.04. The van der Waals surface area contributed by atoms with E-state index in [1.54, 1.807) is 7.11 Å². The Labute approximate surface area is 98.4 Å². The molecule has 0 aliphatic rings. The molecule has 1 aromatic rings. The molecule has 0 unspecified atom stereocenters. The monoisotopic (exact) mass is 241 g/mol. The van der Waals surface area contributed by atoms with Crippen LogP contribution >= 0.6 is 0 Å². The maximum absolute atomic E-state index is 10.7. The van der Waals surface area contributed by atoms with Gasteiger partial charge >= 0.3 is 5.69 Å². The van der Waals surface area contributed by atoms with Crippen molar-refractivity contribution in [3.63, 3.8) is 0 Å². The zero-order valence-electron chi connectivity index (χ0n) is 9.93. The third kappa shape index (κ3) is 3.52. The quantitative estimate of drug-likeness (QED) is 0.578. The number of nitrogens with two attached hydrogens (primary N) is 1. The normalized spacial score (nSPS) is 11.2. The van der Waals surface area contributed by atoms with Gasteiger partial charge in [-0.05, 0) is 13.8 Å². The minimum Gasteiger partial charge on any atom is -0.377 e. The predicted octanol–water partition coefficient (Wildman–Crippen LogP) is 0.804. The van der Waals surface area contributed by atoms with Crippen LogP contribution in [0.5, 0.6) is 0 Å². The molecule has 8 nitrogen and oxygen atoms in total. The van der Waals surface area contributed by atoms with Crippen molar-refractivity contribution in [1.82, 2.24) is 9.97 Å². The fourth-order valence-corrected chi connectivity index (χ4v) is 1.02. The molecule has 0 saturated heterocycles. The van der Waals surface area contributed by atoms with Crippen LogP contribution < -0.4 is 11.1 Å². The number of anilines is 2. The van der Waals surface area contributed by atoms with Crippen molar-refractivity contribution < 1.29 is 9.66 Å². The van der Waals surface area contributed by atoms with Crippen LogP contribution in [-0.2, 0) is 4.74 Å². The van der Waals surface area contributed by atoms with E-state index in [4.69, 9.17) is 10.5 Å². The molecule has 0 radical (unpaired) electrons. The molecule has 17 heavy (non-hydrogen) atoms. The molecule has 3 N–H and O–H groups in total. The van der Waals surface area contributed by atoms with Crippen molar-refractivity contribution in [2.45, 2.75) is 19.4 Å². The molecule has 0 fully saturated rings. The minimum absolute atomic E-state index is 0.0201. The Morgan fingerprint density at radius 1 is 1.65 bits per heavy atom. The number of nitrogen functional groups attached to an aromatic ring is 1. The topological polar surface area (TPSA) is 116 Å². The lowest BCUT2D eigenvalue weighted by Gasteiger charge is -2.23. The number of nitro groups is 1. The number of nitrogens with one attached hydrogen (secondary N) is 1. The average Bonchev–Trinajstić information content (AvgIpc) is 2.26. The molecule has 0 bridgehead atoms. The lowest BCUT2D eigenvalue weighted by molar-refractivity contribution is -0.384. The van der Waals surface area contributed by atoms with Crippen LogP contribution in [-0.4, -0.2) is 34.1 Å². The summed E-state index contributed by atoms with van der Waals surface area (Å²) in [5.74, 6) is 0.0703. The number of aromatic nitrogens is 2. The summed E-state index contributed by atoms with van der Waals surface area (Å²) in [6.45, 7) is 4.05. The highest BCUT2D eigenvalue weighted by molar-refractivity contribution is 5.56. The van der Waals surface area contributed by atoms with E-state index in [0.29, 0.717) is 6.54 Å². The van der Waals surface area contributed by atoms with Gasteiger partial charge in [0.2, 0.25) is 11.8 Å². The molecule has 94 valence electrons. The van der Waals surface area contributed by atoms with E-state index >= 15 is 0 Å². The highest BCUT2D eigenvalue weighted by Gasteiger charge is 2.21. The molecule has 0 atom stereocenters. The Morgan fingerprint density at radius 3 is 2.82 bits per heavy atom. The summed E-state index contributed by atoms with van der Waals surface area (Å²) in [7, 11) is 1.56. The highest BCUT2D eigenvalue weighted by atomic mass is 16.6. The summed E-state index contributed by atoms with van der Waals surface area (Å²) >= 11 is 0. The van der Waals surface area contributed by atoms with Crippen LogP contribution in [0.15, 0.2) is 6.20 Å². The first-order valence-corrected chi connectivity index (χ1v) is 4.91. The molecule has 0 aliphatic carbocycles. The molecular weight excluding hydrogens is 226 g/mol. The number of methoxy groups -OCH3 is 1. The van der Waals surface area contributed by atoms with Gasteiger partial charge in [0.25, 0.3) is 0 Å². The number of rotatable bonds is 5. The van der Waals surface area contributed by atoms with Crippen molar-refractivity contribution in [2.75, 3.05) is 24.7 Å². The van der Waals surface area contributed by atoms with Crippen molar-refractivity contribution in [3.8, 4) is 0 Å². The molecule has 8 heteroatoms. The van der Waals surface area contributed by atoms with E-state index in [9.17, 15) is 10.1 Å². The summed E-state index contributed by atoms with van der Waals surface area (Å²) < 4.78 is 5.18. The van der Waals surface area contributed by atoms with Crippen molar-refractivity contribution in [1.29, 1.82) is 0 Å². The third-order valence-electron chi connectivity index (χ3n) is 2.22. The van der Waals surface area contributed by atoms with Crippen molar-refractivity contribution in [3.05, 3.63) is 16.3 Å². The smallest absolute Gasteiger partial charge is 0.329 e. The first-order chi connectivity index (χ1) is 7.85. The fourth-order valence-electron chi connectivity index (χ4n) is 1.02. The Morgan fingerprint density at radius 2 is 2.29 bits per heavy atom. The Bertz CT molecular complexity index is 421. The summed E-state index contributed by atoms with van der Waals surface area (Å²) in [6, 6.07) is 0. The van der Waals surface area contributed by atoms with Crippen LogP contribution in [0.1, 0.15) is 13.8 Å². The summed E-state index contributed by atoms with van der Waals surface area (Å²) in [6.07, 6.45) is 1.07. The van der Waals surface area contributed by atoms with Gasteiger partial charge in [-0.3, -0.25) is 10.1 Å². The summed E-state index contributed by atoms with van der Waals surface area (Å²) in [5.41, 5.74) is 4.70. The Hall–Kier alpha value is -1.96. The second-order valence-corrected chi connectivity index (χ2v) is 4.04. The molecular formula is C9H15N5O3. The van der Waals surface area contributed by atoms with E-state index in [1.807, 2.05) is 13.8 Å². The molecule has 1 aromatic heterocycles. The largest absolute Gasteiger partial charge is 0.377 e. The number of nitrogens with zero attached hydrogens (tertiary/aromatic N) is 3. The SMILES string of the molecule is COC(C)(C)CNc1nc(N)ncc1[N+](=O)[O-]. The molecule has 0 aromatic carbocycles. The van der Waals surface area contributed by atoms with Gasteiger partial charge in [-0.15, -0.1) is 0 Å². The van der Waals surface area contributed by atoms with Crippen LogP contribution in [0.25, 0.3) is 0 Å². The van der Waals surface area contributed by atoms with Gasteiger partial charge in [0.15, 0.2) is 0 Å². The molecule has 0 aliphatic heterocycles. The van der Waals surface area contributed by atoms with Gasteiger partial charge in [0, 0.05) is 13.7 Å². The third-order valence-corrected chi connectivity index (χ3v) is 2.22. The standard InChI is InChI=1S/C9H15N5O3/c1-9(2,17-3)5-12-7-6(14(15)16)4-11-8(10)13-7/h4H,5H2,1-3H3,(H3,10,11,12,13). The molecule has 0 spiro atoms. The predicted molar refractivity (Wildman–Crippen MR) is 62.7 cm³/mol. The van der Waals surface area contributed by atoms with E-state index in [2.05, 4.69) is 15.3 Å². The number of ether oxygens (including phenoxy) is 1. The maximum atomic E-state index is 10.7. The van der Waals surface area contributed by atoms with Gasteiger partial charge in [0.05, 0.1) is 10.5 Å². The minimum atomic E-state index is -0.568. The Kier molecular flexibility index (Phi) is 3.79. The first-order valence-electron chi connectivity index (χ1n) is 4.91. The summed E-state index contributed by atoms with van der Waals surface area (Å²) in [4.78, 5) is 17.5. The van der Waals surface area contributed by atoms with Gasteiger partial charge in [-0.2, -0.15) is 4.98 Å². The van der Waals surface area contributed by atoms with Crippen LogP contribution in [0, 0.1) is 10.1 Å². The lowest BCUT2D eigenvalue weighted by Crippen LogP contribution is -2.32. The van der Waals surface area contributed by atoms with Crippen molar-refractivity contribution in [2.24, 2.45) is 0 Å². The van der Waals surface area contributed by atoms with Crippen molar-refractivity contribution >= 4 is 17.5 Å². The van der Waals surface area contributed by atoms with E-state index in [0.717, 1.165) is 6.20 Å². The van der Waals surface area contributed by atoms with Crippen LogP contribution in [0.2, 0.25) is 0 Å². The van der Waals surface area contributed by atoms with Gasteiger partial charge in [-0.1, -0.05) is 0 Å². The lowest BCUT2D eigenvalue weighted by atomic mass is 10.1. The number of hydrogen-bond acceptors (Lipinski definition) is 7. The zero-order valence-corrected chi connectivity index (χ0v) is 9.93. The van der Waals surface area contributed by atoms with Crippen LogP contribution in [0.4, 0.5) is 17.5 Å². The van der Waals surface area contributed by atoms with E-state index < -0.39 is 10.5 Å². The number of hydrogen-bond donors (Lipinski definition) is 2. The van der Waals surface area contributed by atoms with E-state index in [-0.39, 0.29) is 17.5 Å². The fraction of sp³-hybridized carbons (Fsp3) is 0.556.